The zero-order valence-corrected chi connectivity index (χ0v) is 10.9. The topological polar surface area (TPSA) is 96.7 Å². The van der Waals surface area contributed by atoms with Crippen LogP contribution in [0.1, 0.15) is 21.7 Å². The molecule has 1 heterocycles. The van der Waals surface area contributed by atoms with E-state index in [1.165, 1.54) is 0 Å². The number of nitrogens with zero attached hydrogens (tertiary/aromatic N) is 2. The average Bonchev–Trinajstić information content (AvgIpc) is 2.83. The molecule has 0 unspecified atom stereocenters. The average molecular weight is 339 g/mol. The van der Waals surface area contributed by atoms with E-state index in [9.17, 15) is 31.1 Å². The molecule has 2 aromatic rings. The zero-order chi connectivity index (χ0) is 17.4. The molecule has 0 aliphatic carbocycles. The van der Waals surface area contributed by atoms with Gasteiger partial charge < -0.3 is 11.1 Å². The largest absolute Gasteiger partial charge is 0.416 e. The second-order valence-electron chi connectivity index (χ2n) is 4.29. The van der Waals surface area contributed by atoms with Crippen LogP contribution < -0.4 is 11.1 Å². The van der Waals surface area contributed by atoms with Crippen molar-refractivity contribution in [3.8, 4) is 0 Å². The molecule has 0 aliphatic rings. The monoisotopic (exact) mass is 339 g/mol. The first kappa shape index (κ1) is 16.6. The Morgan fingerprint density at radius 2 is 1.57 bits per heavy atom. The summed E-state index contributed by atoms with van der Waals surface area (Å²) >= 11 is 0. The van der Waals surface area contributed by atoms with Crippen LogP contribution in [-0.4, -0.2) is 21.1 Å². The highest BCUT2D eigenvalue weighted by Gasteiger charge is 2.37. The van der Waals surface area contributed by atoms with Crippen molar-refractivity contribution in [1.82, 2.24) is 15.2 Å². The molecule has 0 fully saturated rings. The van der Waals surface area contributed by atoms with Crippen LogP contribution in [-0.2, 0) is 12.4 Å². The predicted molar refractivity (Wildman–Crippen MR) is 65.2 cm³/mol. The maximum atomic E-state index is 12.7. The van der Waals surface area contributed by atoms with E-state index in [2.05, 4.69) is 15.2 Å². The first-order valence-electron chi connectivity index (χ1n) is 5.75. The molecule has 0 aliphatic heterocycles. The van der Waals surface area contributed by atoms with Gasteiger partial charge in [0.15, 0.2) is 0 Å². The van der Waals surface area contributed by atoms with E-state index in [1.54, 1.807) is 0 Å². The summed E-state index contributed by atoms with van der Waals surface area (Å²) in [5, 5.41) is 7.25. The number of hydrogen-bond donors (Lipinski definition) is 3. The highest BCUT2D eigenvalue weighted by Crippen LogP contribution is 2.37. The van der Waals surface area contributed by atoms with Crippen molar-refractivity contribution in [2.24, 2.45) is 0 Å². The molecule has 0 radical (unpaired) electrons. The SMILES string of the molecule is Nc1n[nH]c(C(=O)Nc2cc(C(F)(F)F)cc(C(F)(F)F)c2)n1. The van der Waals surface area contributed by atoms with Gasteiger partial charge in [0.25, 0.3) is 5.91 Å². The summed E-state index contributed by atoms with van der Waals surface area (Å²) in [5.74, 6) is -1.87. The number of nitrogen functional groups attached to an aromatic ring is 1. The van der Waals surface area contributed by atoms with Gasteiger partial charge in [-0.25, -0.2) is 0 Å². The Morgan fingerprint density at radius 1 is 1.04 bits per heavy atom. The van der Waals surface area contributed by atoms with Gasteiger partial charge in [0.2, 0.25) is 11.8 Å². The fourth-order valence-corrected chi connectivity index (χ4v) is 1.59. The molecular weight excluding hydrogens is 332 g/mol. The summed E-state index contributed by atoms with van der Waals surface area (Å²) in [6.07, 6.45) is -10.0. The third-order valence-corrected chi connectivity index (χ3v) is 2.56. The highest BCUT2D eigenvalue weighted by atomic mass is 19.4. The number of H-pyrrole nitrogens is 1. The molecule has 1 aromatic heterocycles. The third-order valence-electron chi connectivity index (χ3n) is 2.56. The molecule has 0 saturated carbocycles. The number of carbonyl (C=O) groups is 1. The number of alkyl halides is 6. The lowest BCUT2D eigenvalue weighted by atomic mass is 10.1. The van der Waals surface area contributed by atoms with Crippen LogP contribution in [0, 0.1) is 0 Å². The number of rotatable bonds is 2. The number of halogens is 6. The van der Waals surface area contributed by atoms with Crippen LogP contribution in [0.25, 0.3) is 0 Å². The molecule has 23 heavy (non-hydrogen) atoms. The Balaban J connectivity index is 2.39. The van der Waals surface area contributed by atoms with Crippen molar-refractivity contribution in [3.05, 3.63) is 35.2 Å². The smallest absolute Gasteiger partial charge is 0.366 e. The van der Waals surface area contributed by atoms with Crippen LogP contribution in [0.5, 0.6) is 0 Å². The van der Waals surface area contributed by atoms with Crippen LogP contribution in [0.15, 0.2) is 18.2 Å². The normalized spacial score (nSPS) is 12.3. The van der Waals surface area contributed by atoms with Crippen molar-refractivity contribution < 1.29 is 31.1 Å². The quantitative estimate of drug-likeness (QED) is 0.733. The number of aromatic amines is 1. The number of nitrogens with one attached hydrogen (secondary N) is 2. The van der Waals surface area contributed by atoms with Gasteiger partial charge in [-0.15, -0.1) is 5.10 Å². The lowest BCUT2D eigenvalue weighted by Gasteiger charge is -2.14. The molecule has 2 rings (SSSR count). The number of aromatic nitrogens is 3. The highest BCUT2D eigenvalue weighted by molar-refractivity contribution is 6.01. The second kappa shape index (κ2) is 5.44. The van der Waals surface area contributed by atoms with Crippen molar-refractivity contribution >= 4 is 17.5 Å². The molecule has 12 heteroatoms. The lowest BCUT2D eigenvalue weighted by Crippen LogP contribution is -2.17. The molecule has 1 amide bonds. The number of hydrogen-bond acceptors (Lipinski definition) is 4. The maximum absolute atomic E-state index is 12.7. The van der Waals surface area contributed by atoms with E-state index in [4.69, 9.17) is 5.73 Å². The van der Waals surface area contributed by atoms with Gasteiger partial charge in [0, 0.05) is 5.69 Å². The van der Waals surface area contributed by atoms with E-state index in [1.807, 2.05) is 5.32 Å². The minimum atomic E-state index is -5.02. The fraction of sp³-hybridized carbons (Fsp3) is 0.182. The Morgan fingerprint density at radius 3 is 1.96 bits per heavy atom. The second-order valence-corrected chi connectivity index (χ2v) is 4.29. The Kier molecular flexibility index (Phi) is 3.92. The van der Waals surface area contributed by atoms with E-state index in [-0.39, 0.29) is 12.0 Å². The van der Waals surface area contributed by atoms with Gasteiger partial charge in [-0.1, -0.05) is 0 Å². The molecule has 0 bridgehead atoms. The predicted octanol–water partition coefficient (Wildman–Crippen LogP) is 2.68. The third kappa shape index (κ3) is 3.90. The van der Waals surface area contributed by atoms with Crippen LogP contribution in [0.2, 0.25) is 0 Å². The number of benzene rings is 1. The molecule has 124 valence electrons. The van der Waals surface area contributed by atoms with Crippen molar-refractivity contribution in [2.75, 3.05) is 11.1 Å². The molecule has 6 nitrogen and oxygen atoms in total. The van der Waals surface area contributed by atoms with E-state index >= 15 is 0 Å². The van der Waals surface area contributed by atoms with Gasteiger partial charge in [-0.2, -0.15) is 31.3 Å². The van der Waals surface area contributed by atoms with E-state index < -0.39 is 40.9 Å². The van der Waals surface area contributed by atoms with Gasteiger partial charge in [-0.3, -0.25) is 9.89 Å². The molecule has 0 spiro atoms. The van der Waals surface area contributed by atoms with Gasteiger partial charge in [0.05, 0.1) is 11.1 Å². The summed E-state index contributed by atoms with van der Waals surface area (Å²) in [6.45, 7) is 0. The molecule has 4 N–H and O–H groups in total. The Bertz CT molecular complexity index is 703. The first-order valence-corrected chi connectivity index (χ1v) is 5.75. The standard InChI is InChI=1S/C11H7F6N5O/c12-10(13,14)4-1-5(11(15,16)17)3-6(2-4)19-8(23)7-20-9(18)22-21-7/h1-3H,(H,19,23)(H3,18,20,21,22). The van der Waals surface area contributed by atoms with Gasteiger partial charge >= 0.3 is 12.4 Å². The summed E-state index contributed by atoms with van der Waals surface area (Å²) in [6, 6.07) is 0.682. The number of anilines is 2. The lowest BCUT2D eigenvalue weighted by molar-refractivity contribution is -0.143. The zero-order valence-electron chi connectivity index (χ0n) is 10.9. The number of carbonyl (C=O) groups excluding carboxylic acids is 1. The fourth-order valence-electron chi connectivity index (χ4n) is 1.59. The van der Waals surface area contributed by atoms with Crippen molar-refractivity contribution in [1.29, 1.82) is 0 Å². The number of amides is 1. The first-order chi connectivity index (χ1) is 10.5. The van der Waals surface area contributed by atoms with Crippen molar-refractivity contribution in [3.63, 3.8) is 0 Å². The maximum Gasteiger partial charge on any atom is 0.416 e. The summed E-state index contributed by atoms with van der Waals surface area (Å²) in [4.78, 5) is 15.1. The minimum absolute atomic E-state index is 0.0535. The van der Waals surface area contributed by atoms with Gasteiger partial charge in [-0.05, 0) is 18.2 Å². The molecule has 0 atom stereocenters. The van der Waals surface area contributed by atoms with E-state index in [0.717, 1.165) is 0 Å². The number of nitrogens with two attached hydrogens (primary N) is 1. The molecule has 1 aromatic carbocycles. The Labute approximate surface area is 123 Å². The summed E-state index contributed by atoms with van der Waals surface area (Å²) in [7, 11) is 0. The Hall–Kier alpha value is -2.79. The molecule has 0 saturated heterocycles. The summed E-state index contributed by atoms with van der Waals surface area (Å²) in [5.41, 5.74) is 1.33. The van der Waals surface area contributed by atoms with Crippen molar-refractivity contribution in [2.45, 2.75) is 12.4 Å². The molecular formula is C11H7F6N5O. The van der Waals surface area contributed by atoms with E-state index in [0.29, 0.717) is 12.1 Å². The minimum Gasteiger partial charge on any atom is -0.366 e. The van der Waals surface area contributed by atoms with Gasteiger partial charge in [0.1, 0.15) is 0 Å². The van der Waals surface area contributed by atoms with Crippen LogP contribution in [0.3, 0.4) is 0 Å². The van der Waals surface area contributed by atoms with Crippen LogP contribution in [0.4, 0.5) is 38.0 Å². The summed E-state index contributed by atoms with van der Waals surface area (Å²) < 4.78 is 76.0. The van der Waals surface area contributed by atoms with Crippen LogP contribution >= 0.6 is 0 Å².